The van der Waals surface area contributed by atoms with Crippen LogP contribution in [0.25, 0.3) is 49.9 Å². The van der Waals surface area contributed by atoms with E-state index >= 15 is 0 Å². The van der Waals surface area contributed by atoms with E-state index in [9.17, 15) is 11.0 Å². The molecule has 9 aromatic rings. The van der Waals surface area contributed by atoms with Gasteiger partial charge in [-0.15, -0.1) is 0 Å². The SMILES string of the molecule is [2H]c1c([2H])c2c(c([2H])c1-c1cc(C(C)(C)C)cc(-c3cc(C(C)(C)C)cc(C(C)(C)C)c3)c1[NH+]1CN(c3cccc(Oc4ccc5c6c([2H])c([2H])c([2H])c([2H])c6n(-c6cc(C(C)(C)C)ccn6)c5c4)c3)c3ccccc31)C(C([2H])([2H])[2H])(C([2H])([2H])[2H])C([2H])([2H])C([2H])([2H])C2(C([2H])([2H])[2H])C([2H])([2H])[2H]. The molecule has 5 nitrogen and oxygen atoms in total. The highest BCUT2D eigenvalue weighted by atomic mass is 16.5. The van der Waals surface area contributed by atoms with Crippen molar-refractivity contribution < 1.29 is 41.2 Å². The molecule has 77 heavy (non-hydrogen) atoms. The van der Waals surface area contributed by atoms with Crippen molar-refractivity contribution in [3.63, 3.8) is 0 Å². The van der Waals surface area contributed by atoms with Crippen LogP contribution in [0.1, 0.15) is 188 Å². The third-order valence-electron chi connectivity index (χ3n) is 15.0. The number of aromatic nitrogens is 2. The summed E-state index contributed by atoms with van der Waals surface area (Å²) in [7, 11) is 0. The van der Waals surface area contributed by atoms with Crippen molar-refractivity contribution in [2.75, 3.05) is 11.6 Å². The van der Waals surface area contributed by atoms with E-state index in [1.54, 1.807) is 53.2 Å². The molecule has 0 radical (unpaired) electrons. The van der Waals surface area contributed by atoms with Crippen molar-refractivity contribution in [2.45, 2.75) is 156 Å². The van der Waals surface area contributed by atoms with Gasteiger partial charge in [0.1, 0.15) is 23.0 Å². The first-order valence-electron chi connectivity index (χ1n) is 37.7. The van der Waals surface area contributed by atoms with Crippen LogP contribution in [0, 0.1) is 0 Å². The van der Waals surface area contributed by atoms with E-state index in [1.165, 1.54) is 0 Å². The minimum absolute atomic E-state index is 0.0197. The van der Waals surface area contributed by atoms with Gasteiger partial charge in [-0.1, -0.05) is 183 Å². The Morgan fingerprint density at radius 3 is 1.90 bits per heavy atom. The Bertz CT molecular complexity index is 4780. The van der Waals surface area contributed by atoms with Crippen molar-refractivity contribution in [3.05, 3.63) is 191 Å². The quantitative estimate of drug-likeness (QED) is 0.173. The number of para-hydroxylation sites is 3. The topological polar surface area (TPSA) is 34.7 Å². The molecule has 0 fully saturated rings. The van der Waals surface area contributed by atoms with Crippen LogP contribution < -0.4 is 14.5 Å². The molecule has 11 rings (SSSR count). The summed E-state index contributed by atoms with van der Waals surface area (Å²) >= 11 is 0. The molecule has 1 N–H and O–H groups in total. The lowest BCUT2D eigenvalue weighted by Gasteiger charge is -2.42. The summed E-state index contributed by atoms with van der Waals surface area (Å²) in [4.78, 5) is 7.23. The molecular formula is C72H81N4O+. The van der Waals surface area contributed by atoms with E-state index in [-0.39, 0.29) is 40.9 Å². The summed E-state index contributed by atoms with van der Waals surface area (Å²) < 4.78 is 222. The molecule has 1 unspecified atom stereocenters. The van der Waals surface area contributed by atoms with E-state index in [1.807, 2.05) is 86.3 Å². The highest BCUT2D eigenvalue weighted by Gasteiger charge is 2.41. The van der Waals surface area contributed by atoms with Gasteiger partial charge in [-0.2, -0.15) is 0 Å². The molecule has 5 heteroatoms. The van der Waals surface area contributed by atoms with E-state index in [0.29, 0.717) is 72.3 Å². The predicted octanol–water partition coefficient (Wildman–Crippen LogP) is 18.8. The number of nitrogens with zero attached hydrogens (tertiary/aromatic N) is 3. The Morgan fingerprint density at radius 1 is 0.571 bits per heavy atom. The summed E-state index contributed by atoms with van der Waals surface area (Å²) in [6.45, 7) is 7.20. The van der Waals surface area contributed by atoms with Crippen molar-refractivity contribution in [1.82, 2.24) is 9.55 Å². The third-order valence-corrected chi connectivity index (χ3v) is 15.0. The van der Waals surface area contributed by atoms with Gasteiger partial charge in [0.05, 0.1) is 26.3 Å². The maximum Gasteiger partial charge on any atom is 0.167 e. The maximum absolute atomic E-state index is 10.6. The fourth-order valence-electron chi connectivity index (χ4n) is 10.5. The van der Waals surface area contributed by atoms with E-state index < -0.39 is 114 Å². The maximum atomic E-state index is 10.6. The van der Waals surface area contributed by atoms with Crippen LogP contribution >= 0.6 is 0 Å². The molecule has 0 spiro atoms. The lowest BCUT2D eigenvalue weighted by molar-refractivity contribution is -0.750. The molecule has 0 saturated carbocycles. The van der Waals surface area contributed by atoms with Gasteiger partial charge in [0.25, 0.3) is 0 Å². The molecule has 3 heterocycles. The molecule has 394 valence electrons. The fraction of sp³-hybridized carbons (Fsp3) is 0.347. The molecule has 2 aliphatic rings. The average Bonchev–Trinajstić information content (AvgIpc) is 0.747. The molecule has 1 aliphatic carbocycles. The van der Waals surface area contributed by atoms with Gasteiger partial charge in [-0.05, 0) is 150 Å². The Kier molecular flexibility index (Phi) is 7.49. The number of benzene rings is 7. The van der Waals surface area contributed by atoms with Crippen LogP contribution in [0.2, 0.25) is 0 Å². The second-order valence-corrected chi connectivity index (χ2v) is 24.8. The first kappa shape index (κ1) is 31.5. The van der Waals surface area contributed by atoms with Crippen LogP contribution in [0.5, 0.6) is 11.5 Å². The zero-order valence-electron chi connectivity index (χ0n) is 68.9. The van der Waals surface area contributed by atoms with Crippen LogP contribution in [0.3, 0.4) is 0 Å². The van der Waals surface area contributed by atoms with Gasteiger partial charge in [-0.3, -0.25) is 9.47 Å². The molecule has 1 atom stereocenters. The smallest absolute Gasteiger partial charge is 0.167 e. The molecule has 1 aliphatic heterocycles. The largest absolute Gasteiger partial charge is 0.457 e. The van der Waals surface area contributed by atoms with Gasteiger partial charge in [0, 0.05) is 68.2 Å². The molecule has 0 amide bonds. The molecule has 0 bridgehead atoms. The Morgan fingerprint density at radius 2 is 1.21 bits per heavy atom. The lowest BCUT2D eigenvalue weighted by atomic mass is 9.63. The number of quaternary nitrogens is 1. The first-order valence-corrected chi connectivity index (χ1v) is 26.2. The Balaban J connectivity index is 1.20. The van der Waals surface area contributed by atoms with Gasteiger partial charge in [0.15, 0.2) is 18.0 Å². The van der Waals surface area contributed by atoms with E-state index in [4.69, 9.17) is 30.3 Å². The van der Waals surface area contributed by atoms with Crippen LogP contribution in [0.4, 0.5) is 22.7 Å². The van der Waals surface area contributed by atoms with Crippen molar-refractivity contribution in [1.29, 1.82) is 0 Å². The summed E-state index contributed by atoms with van der Waals surface area (Å²) in [6, 6.07) is 28.3. The summed E-state index contributed by atoms with van der Waals surface area (Å²) in [5.74, 6) is 1.11. The highest BCUT2D eigenvalue weighted by Crippen LogP contribution is 2.50. The number of nitrogens with one attached hydrogen (secondary N) is 1. The van der Waals surface area contributed by atoms with Crippen LogP contribution in [-0.2, 0) is 32.5 Å². The fourth-order valence-corrected chi connectivity index (χ4v) is 10.5. The number of hydrogen-bond donors (Lipinski definition) is 1. The zero-order valence-corrected chi connectivity index (χ0v) is 45.9. The van der Waals surface area contributed by atoms with Gasteiger partial charge in [-0.25, -0.2) is 9.88 Å². The second kappa shape index (κ2) is 18.3. The average molecular weight is 1040 g/mol. The van der Waals surface area contributed by atoms with Crippen LogP contribution in [-0.4, -0.2) is 16.2 Å². The molecule has 0 saturated heterocycles. The van der Waals surface area contributed by atoms with E-state index in [0.717, 1.165) is 16.7 Å². The number of anilines is 2. The van der Waals surface area contributed by atoms with Gasteiger partial charge in [0.2, 0.25) is 0 Å². The number of pyridine rings is 1. The lowest BCUT2D eigenvalue weighted by Crippen LogP contribution is -3.02. The van der Waals surface area contributed by atoms with Gasteiger partial charge >= 0.3 is 0 Å². The normalized spacial score (nSPS) is 22.8. The van der Waals surface area contributed by atoms with Crippen molar-refractivity contribution in [3.8, 4) is 39.6 Å². The standard InChI is InChI=1S/C72H80N4O/c1-67(2,3)48-32-35-73-65(42-48)76-61-25-18-17-24-55(61)56-30-29-54(44-64(56)76)77-53-23-21-22-52(43-53)74-45-75(63-27-20-19-26-62(63)74)66-57(46-28-31-59-60(38-46)72(15,16)34-33-71(59,13)14)40-51(70(10,11)12)41-58(66)47-36-49(68(4,5)6)39-50(37-47)69(7,8)9/h17-32,35-44H,33-34,45H2,1-16H3/p+1/i13D3,14D3,15D3,16D3,17D,18D,24D,25D,28D,31D,33D2,34D2,38D. The minimum atomic E-state index is -4.54. The second-order valence-electron chi connectivity index (χ2n) is 24.8. The van der Waals surface area contributed by atoms with Crippen LogP contribution in [0.15, 0.2) is 158 Å². The first-order chi connectivity index (χ1) is 45.6. The monoisotopic (exact) mass is 1040 g/mol. The number of fused-ring (bicyclic) bond motifs is 5. The summed E-state index contributed by atoms with van der Waals surface area (Å²) in [5, 5.41) is 0.825. The Hall–Kier alpha value is -6.95. The highest BCUT2D eigenvalue weighted by molar-refractivity contribution is 6.09. The third kappa shape index (κ3) is 9.58. The predicted molar refractivity (Wildman–Crippen MR) is 326 cm³/mol. The zero-order chi connectivity index (χ0) is 74.5. The molecule has 7 aromatic carbocycles. The van der Waals surface area contributed by atoms with Crippen molar-refractivity contribution >= 4 is 44.6 Å². The summed E-state index contributed by atoms with van der Waals surface area (Å²) in [5.41, 5.74) is -7.39. The van der Waals surface area contributed by atoms with E-state index in [2.05, 4.69) is 68.4 Å². The Labute approximate surface area is 492 Å². The minimum Gasteiger partial charge on any atom is -0.457 e. The number of ether oxygens (including phenoxy) is 1. The van der Waals surface area contributed by atoms with Crippen molar-refractivity contribution in [2.24, 2.45) is 0 Å². The summed E-state index contributed by atoms with van der Waals surface area (Å²) in [6.07, 6.45) is -7.39. The number of rotatable bonds is 7. The molecule has 2 aromatic heterocycles. The van der Waals surface area contributed by atoms with Gasteiger partial charge < -0.3 is 4.74 Å². The number of hydrogen-bond acceptors (Lipinski definition) is 3. The molecular weight excluding hydrogens is 937 g/mol.